The van der Waals surface area contributed by atoms with Crippen LogP contribution < -0.4 is 0 Å². The highest BCUT2D eigenvalue weighted by Crippen LogP contribution is 2.40. The molecule has 0 unspecified atom stereocenters. The molecule has 28 heavy (non-hydrogen) atoms. The number of nitrogens with zero attached hydrogens (tertiary/aromatic N) is 2. The maximum absolute atomic E-state index is 11.5. The number of carbonyl (C=O) groups excluding carboxylic acids is 1. The molecule has 0 amide bonds. The first-order chi connectivity index (χ1) is 13.2. The summed E-state index contributed by atoms with van der Waals surface area (Å²) in [5.41, 5.74) is 6.06. The fourth-order valence-corrected chi connectivity index (χ4v) is 3.04. The first kappa shape index (κ1) is 24.3. The van der Waals surface area contributed by atoms with Crippen LogP contribution in [0, 0.1) is 23.7 Å². The van der Waals surface area contributed by atoms with E-state index in [2.05, 4.69) is 4.79 Å². The molecule has 11 heteroatoms. The Balaban J connectivity index is 0.000000283. The van der Waals surface area contributed by atoms with Crippen LogP contribution in [0.25, 0.3) is 5.53 Å². The molecule has 0 radical (unpaired) electrons. The Kier molecular flexibility index (Phi) is 8.83. The molecule has 2 rings (SSSR count). The number of carboxylic acids is 1. The number of ketones is 1. The van der Waals surface area contributed by atoms with Crippen molar-refractivity contribution in [2.45, 2.75) is 25.0 Å². The Morgan fingerprint density at radius 2 is 1.32 bits per heavy atom. The molecule has 0 aromatic carbocycles. The second-order valence-electron chi connectivity index (χ2n) is 7.10. The number of aliphatic hydroxyl groups excluding tert-OH is 4. The van der Waals surface area contributed by atoms with Crippen molar-refractivity contribution in [2.75, 3.05) is 39.6 Å². The van der Waals surface area contributed by atoms with E-state index in [1.807, 2.05) is 0 Å². The highest BCUT2D eigenvalue weighted by molar-refractivity contribution is 6.30. The van der Waals surface area contributed by atoms with Gasteiger partial charge >= 0.3 is 12.2 Å². The van der Waals surface area contributed by atoms with Crippen molar-refractivity contribution in [3.63, 3.8) is 0 Å². The van der Waals surface area contributed by atoms with E-state index in [0.717, 1.165) is 6.21 Å². The quantitative estimate of drug-likeness (QED) is 0.111. The molecular weight excluding hydrogens is 376 g/mol. The van der Waals surface area contributed by atoms with Crippen LogP contribution in [0.1, 0.15) is 13.8 Å². The van der Waals surface area contributed by atoms with Gasteiger partial charge in [0.2, 0.25) is 0 Å². The number of epoxide rings is 2. The van der Waals surface area contributed by atoms with Crippen LogP contribution in [0.2, 0.25) is 0 Å². The molecule has 0 aliphatic carbocycles. The molecule has 4 atom stereocenters. The Bertz CT molecular complexity index is 589. The molecule has 2 heterocycles. The average molecular weight is 404 g/mol. The maximum Gasteiger partial charge on any atom is 0.338 e. The van der Waals surface area contributed by atoms with E-state index in [9.17, 15) is 9.59 Å². The van der Waals surface area contributed by atoms with Gasteiger partial charge in [-0.2, -0.15) is 4.79 Å². The molecule has 0 bridgehead atoms. The second kappa shape index (κ2) is 10.2. The third kappa shape index (κ3) is 5.00. The highest BCUT2D eigenvalue weighted by Gasteiger charge is 2.59. The fraction of sp³-hybridized carbons (Fsp3) is 0.824. The zero-order chi connectivity index (χ0) is 21.5. The maximum atomic E-state index is 11.5. The van der Waals surface area contributed by atoms with Gasteiger partial charge in [-0.1, -0.05) is 13.8 Å². The minimum absolute atomic E-state index is 0.167. The lowest BCUT2D eigenvalue weighted by Crippen LogP contribution is -2.40. The molecule has 0 spiro atoms. The third-order valence-corrected chi connectivity index (χ3v) is 5.69. The largest absolute Gasteiger partial charge is 0.479 e. The highest BCUT2D eigenvalue weighted by atomic mass is 16.6. The molecular formula is C17H28N2O9. The Morgan fingerprint density at radius 1 is 0.964 bits per heavy atom. The molecule has 2 aliphatic heterocycles. The molecule has 11 nitrogen and oxygen atoms in total. The minimum Gasteiger partial charge on any atom is -0.479 e. The smallest absolute Gasteiger partial charge is 0.338 e. The number of ether oxygens (including phenoxy) is 2. The number of carboxylic acid groups (broad SMARTS) is 1. The van der Waals surface area contributed by atoms with Gasteiger partial charge in [0, 0.05) is 50.1 Å². The average Bonchev–Trinajstić information content (AvgIpc) is 3.58. The first-order valence-corrected chi connectivity index (χ1v) is 8.87. The number of rotatable bonds is 11. The van der Waals surface area contributed by atoms with Crippen LogP contribution in [0.5, 0.6) is 0 Å². The summed E-state index contributed by atoms with van der Waals surface area (Å²) in [6.45, 7) is 2.89. The summed E-state index contributed by atoms with van der Waals surface area (Å²) in [5.74, 6) is -3.00. The number of hydrogen-bond donors (Lipinski definition) is 5. The van der Waals surface area contributed by atoms with E-state index in [-0.39, 0.29) is 51.5 Å². The molecule has 5 N–H and O–H groups in total. The van der Waals surface area contributed by atoms with Gasteiger partial charge in [0.05, 0.1) is 13.2 Å². The summed E-state index contributed by atoms with van der Waals surface area (Å²) >= 11 is 0. The van der Waals surface area contributed by atoms with E-state index >= 15 is 0 Å². The molecule has 0 aromatic rings. The number of aliphatic carboxylic acids is 1. The van der Waals surface area contributed by atoms with Crippen molar-refractivity contribution in [1.29, 1.82) is 0 Å². The van der Waals surface area contributed by atoms with Gasteiger partial charge in [0.15, 0.2) is 11.2 Å². The second-order valence-corrected chi connectivity index (χ2v) is 7.10. The third-order valence-electron chi connectivity index (χ3n) is 5.69. The van der Waals surface area contributed by atoms with Crippen LogP contribution in [0.15, 0.2) is 0 Å². The van der Waals surface area contributed by atoms with Crippen LogP contribution in [-0.4, -0.2) is 99.1 Å². The zero-order valence-electron chi connectivity index (χ0n) is 15.9. The summed E-state index contributed by atoms with van der Waals surface area (Å²) in [5, 5.41) is 44.5. The van der Waals surface area contributed by atoms with Gasteiger partial charge in [-0.05, 0) is 0 Å². The number of aliphatic hydroxyl groups is 4. The number of Topliss-reactive ketones (excluding diaryl/α,β-unsaturated/α-hetero) is 1. The van der Waals surface area contributed by atoms with Gasteiger partial charge in [-0.3, -0.25) is 4.79 Å². The Morgan fingerprint density at radius 3 is 1.57 bits per heavy atom. The Labute approximate surface area is 162 Å². The van der Waals surface area contributed by atoms with Crippen molar-refractivity contribution in [2.24, 2.45) is 23.7 Å². The molecule has 0 saturated carbocycles. The van der Waals surface area contributed by atoms with Gasteiger partial charge < -0.3 is 40.5 Å². The van der Waals surface area contributed by atoms with Gasteiger partial charge in [0.1, 0.15) is 0 Å². The van der Waals surface area contributed by atoms with Gasteiger partial charge in [-0.15, -0.1) is 0 Å². The van der Waals surface area contributed by atoms with E-state index in [1.54, 1.807) is 13.8 Å². The SMILES string of the molecule is C[C@H](C(CO)CO)[C@@]1(C(=O)C=[N+]=[N-])CO1.C[C@H](C(CO)CO)[C@@]1(C(=O)O)CO1. The summed E-state index contributed by atoms with van der Waals surface area (Å²) in [6.07, 6.45) is 0.787. The lowest BCUT2D eigenvalue weighted by atomic mass is 9.81. The molecule has 2 saturated heterocycles. The van der Waals surface area contributed by atoms with E-state index in [4.69, 9.17) is 40.5 Å². The van der Waals surface area contributed by atoms with Crippen LogP contribution in [0.4, 0.5) is 0 Å². The van der Waals surface area contributed by atoms with Crippen molar-refractivity contribution >= 4 is 18.0 Å². The van der Waals surface area contributed by atoms with E-state index in [0.29, 0.717) is 0 Å². The van der Waals surface area contributed by atoms with Crippen LogP contribution in [0.3, 0.4) is 0 Å². The van der Waals surface area contributed by atoms with Crippen molar-refractivity contribution in [3.8, 4) is 0 Å². The summed E-state index contributed by atoms with van der Waals surface area (Å²) in [7, 11) is 0. The van der Waals surface area contributed by atoms with Gasteiger partial charge in [0.25, 0.3) is 5.78 Å². The summed E-state index contributed by atoms with van der Waals surface area (Å²) < 4.78 is 9.96. The van der Waals surface area contributed by atoms with Crippen molar-refractivity contribution < 1.29 is 49.4 Å². The van der Waals surface area contributed by atoms with Crippen molar-refractivity contribution in [3.05, 3.63) is 5.53 Å². The van der Waals surface area contributed by atoms with E-state index in [1.165, 1.54) is 0 Å². The lowest BCUT2D eigenvalue weighted by molar-refractivity contribution is -0.146. The number of carbonyl (C=O) groups is 2. The lowest BCUT2D eigenvalue weighted by Gasteiger charge is -2.23. The van der Waals surface area contributed by atoms with Crippen LogP contribution >= 0.6 is 0 Å². The molecule has 0 aromatic heterocycles. The van der Waals surface area contributed by atoms with Crippen molar-refractivity contribution in [1.82, 2.24) is 0 Å². The number of hydrogen-bond acceptors (Lipinski definition) is 8. The fourth-order valence-electron chi connectivity index (χ4n) is 3.04. The van der Waals surface area contributed by atoms with E-state index < -0.39 is 34.8 Å². The molecule has 2 fully saturated rings. The summed E-state index contributed by atoms with van der Waals surface area (Å²) in [4.78, 5) is 24.9. The minimum atomic E-state index is -1.17. The monoisotopic (exact) mass is 404 g/mol. The first-order valence-electron chi connectivity index (χ1n) is 8.87. The molecule has 160 valence electrons. The van der Waals surface area contributed by atoms with Crippen LogP contribution in [-0.2, 0) is 19.1 Å². The Hall–Kier alpha value is -1.72. The predicted molar refractivity (Wildman–Crippen MR) is 93.3 cm³/mol. The molecule has 2 aliphatic rings. The predicted octanol–water partition coefficient (Wildman–Crippen LogP) is -2.06. The van der Waals surface area contributed by atoms with Gasteiger partial charge in [-0.25, -0.2) is 4.79 Å². The zero-order valence-corrected chi connectivity index (χ0v) is 15.9. The summed E-state index contributed by atoms with van der Waals surface area (Å²) in [6, 6.07) is 0. The topological polar surface area (TPSA) is 197 Å². The normalized spacial score (nSPS) is 27.3. The standard InChI is InChI=1S/C9H14N2O4.C8H14O5/c1-6(7(3-12)4-13)9(5-15-9)8(14)2-11-10;1-5(6(2-9)3-10)8(4-13-8)7(11)12/h2,6-7,12-13H,3-5H2,1H3;5-6,9-10H,2-4H2,1H3,(H,11,12)/t6-,9-;5-,8-/m11/s1.